The van der Waals surface area contributed by atoms with Crippen LogP contribution < -0.4 is 0 Å². The summed E-state index contributed by atoms with van der Waals surface area (Å²) in [5.74, 6) is 0. The minimum absolute atomic E-state index is 0.376. The van der Waals surface area contributed by atoms with Crippen molar-refractivity contribution in [2.75, 3.05) is 0 Å². The van der Waals surface area contributed by atoms with Crippen molar-refractivity contribution in [1.29, 1.82) is 0 Å². The van der Waals surface area contributed by atoms with E-state index >= 15 is 0 Å². The monoisotopic (exact) mass is 181 g/mol. The van der Waals surface area contributed by atoms with E-state index in [1.54, 1.807) is 6.07 Å². The van der Waals surface area contributed by atoms with Crippen molar-refractivity contribution in [2.24, 2.45) is 4.99 Å². The number of aryl methyl sites for hydroxylation is 1. The fourth-order valence-electron chi connectivity index (χ4n) is 0.929. The van der Waals surface area contributed by atoms with Crippen molar-refractivity contribution >= 4 is 17.7 Å². The molecule has 0 aliphatic heterocycles. The Balaban J connectivity index is 2.89. The molecule has 0 spiro atoms. The van der Waals surface area contributed by atoms with Crippen molar-refractivity contribution in [3.05, 3.63) is 34.3 Å². The molecule has 0 unspecified atom stereocenters. The lowest BCUT2D eigenvalue weighted by atomic mass is 10.1. The first-order valence-corrected chi connectivity index (χ1v) is 3.90. The van der Waals surface area contributed by atoms with Gasteiger partial charge in [-0.25, -0.2) is 9.79 Å². The molecule has 1 aromatic carbocycles. The van der Waals surface area contributed by atoms with E-state index in [1.807, 2.05) is 19.1 Å². The van der Waals surface area contributed by atoms with E-state index < -0.39 is 0 Å². The second-order valence-electron chi connectivity index (χ2n) is 2.49. The van der Waals surface area contributed by atoms with Crippen molar-refractivity contribution < 1.29 is 4.79 Å². The molecule has 0 amide bonds. The summed E-state index contributed by atoms with van der Waals surface area (Å²) in [5.41, 5.74) is 1.97. The van der Waals surface area contributed by atoms with Gasteiger partial charge in [0.2, 0.25) is 6.08 Å². The number of aliphatic imine (C=N–C) groups is 1. The second kappa shape index (κ2) is 4.05. The first-order valence-electron chi connectivity index (χ1n) is 3.52. The van der Waals surface area contributed by atoms with Crippen LogP contribution in [0.2, 0.25) is 5.02 Å². The van der Waals surface area contributed by atoms with E-state index in [1.165, 1.54) is 6.08 Å². The van der Waals surface area contributed by atoms with Crippen LogP contribution in [-0.2, 0) is 11.3 Å². The number of hydrogen-bond acceptors (Lipinski definition) is 2. The van der Waals surface area contributed by atoms with E-state index in [9.17, 15) is 4.79 Å². The molecule has 0 heterocycles. The van der Waals surface area contributed by atoms with Gasteiger partial charge in [0.1, 0.15) is 0 Å². The van der Waals surface area contributed by atoms with Gasteiger partial charge in [0.15, 0.2) is 0 Å². The highest BCUT2D eigenvalue weighted by Crippen LogP contribution is 2.16. The number of carbonyl (C=O) groups excluding carboxylic acids is 1. The zero-order valence-electron chi connectivity index (χ0n) is 6.67. The molecule has 2 nitrogen and oxygen atoms in total. The summed E-state index contributed by atoms with van der Waals surface area (Å²) >= 11 is 5.81. The van der Waals surface area contributed by atoms with E-state index in [4.69, 9.17) is 11.6 Å². The summed E-state index contributed by atoms with van der Waals surface area (Å²) in [5, 5.41) is 0.730. The van der Waals surface area contributed by atoms with Gasteiger partial charge in [0, 0.05) is 5.02 Å². The maximum absolute atomic E-state index is 9.81. The highest BCUT2D eigenvalue weighted by Gasteiger charge is 1.95. The first kappa shape index (κ1) is 8.98. The molecular formula is C9H8ClNO. The van der Waals surface area contributed by atoms with Crippen LogP contribution in [0.4, 0.5) is 0 Å². The number of hydrogen-bond donors (Lipinski definition) is 0. The predicted octanol–water partition coefficient (Wildman–Crippen LogP) is 2.48. The third-order valence-electron chi connectivity index (χ3n) is 1.55. The van der Waals surface area contributed by atoms with Crippen LogP contribution in [0.5, 0.6) is 0 Å². The first-order chi connectivity index (χ1) is 5.74. The molecule has 0 saturated carbocycles. The van der Waals surface area contributed by atoms with Gasteiger partial charge >= 0.3 is 0 Å². The van der Waals surface area contributed by atoms with Crippen LogP contribution in [0.15, 0.2) is 23.2 Å². The Labute approximate surface area is 75.9 Å². The van der Waals surface area contributed by atoms with E-state index in [2.05, 4.69) is 4.99 Å². The Morgan fingerprint density at radius 2 is 2.33 bits per heavy atom. The lowest BCUT2D eigenvalue weighted by Crippen LogP contribution is -1.83. The van der Waals surface area contributed by atoms with Gasteiger partial charge in [-0.05, 0) is 24.1 Å². The summed E-state index contributed by atoms with van der Waals surface area (Å²) < 4.78 is 0. The Morgan fingerprint density at radius 1 is 1.58 bits per heavy atom. The number of rotatable bonds is 2. The molecular weight excluding hydrogens is 174 g/mol. The number of isocyanates is 1. The predicted molar refractivity (Wildman–Crippen MR) is 48.0 cm³/mol. The van der Waals surface area contributed by atoms with Gasteiger partial charge in [-0.3, -0.25) is 0 Å². The van der Waals surface area contributed by atoms with Crippen LogP contribution in [0.3, 0.4) is 0 Å². The molecule has 0 bridgehead atoms. The summed E-state index contributed by atoms with van der Waals surface area (Å²) in [7, 11) is 0. The molecule has 0 saturated heterocycles. The fourth-order valence-corrected chi connectivity index (χ4v) is 1.05. The number of benzene rings is 1. The Morgan fingerprint density at radius 3 is 2.92 bits per heavy atom. The van der Waals surface area contributed by atoms with Gasteiger partial charge in [-0.1, -0.05) is 23.7 Å². The van der Waals surface area contributed by atoms with Crippen molar-refractivity contribution in [1.82, 2.24) is 0 Å². The van der Waals surface area contributed by atoms with Gasteiger partial charge in [0.05, 0.1) is 6.54 Å². The zero-order chi connectivity index (χ0) is 8.97. The fraction of sp³-hybridized carbons (Fsp3) is 0.222. The molecule has 62 valence electrons. The van der Waals surface area contributed by atoms with E-state index in [0.717, 1.165) is 16.1 Å². The molecule has 0 N–H and O–H groups in total. The highest BCUT2D eigenvalue weighted by molar-refractivity contribution is 6.31. The maximum atomic E-state index is 9.81. The molecule has 0 aliphatic rings. The zero-order valence-corrected chi connectivity index (χ0v) is 7.43. The molecule has 1 aromatic rings. The summed E-state index contributed by atoms with van der Waals surface area (Å²) in [6.07, 6.45) is 1.49. The van der Waals surface area contributed by atoms with Crippen LogP contribution in [0, 0.1) is 6.92 Å². The molecule has 12 heavy (non-hydrogen) atoms. The van der Waals surface area contributed by atoms with E-state index in [-0.39, 0.29) is 0 Å². The smallest absolute Gasteiger partial charge is 0.211 e. The van der Waals surface area contributed by atoms with Crippen molar-refractivity contribution in [3.8, 4) is 0 Å². The molecule has 0 atom stereocenters. The van der Waals surface area contributed by atoms with E-state index in [0.29, 0.717) is 6.54 Å². The molecule has 0 aromatic heterocycles. The average Bonchev–Trinajstić information content (AvgIpc) is 2.07. The molecule has 1 rings (SSSR count). The second-order valence-corrected chi connectivity index (χ2v) is 2.90. The Bertz CT molecular complexity index is 329. The normalized spacial score (nSPS) is 9.17. The standard InChI is InChI=1S/C9H8ClNO/c1-7-4-8(5-11-6-12)2-3-9(7)10/h2-4H,5H2,1H3. The van der Waals surface area contributed by atoms with Crippen LogP contribution >= 0.6 is 11.6 Å². The SMILES string of the molecule is Cc1cc(CN=C=O)ccc1Cl. The van der Waals surface area contributed by atoms with Crippen LogP contribution in [0.25, 0.3) is 0 Å². The van der Waals surface area contributed by atoms with Gasteiger partial charge < -0.3 is 0 Å². The van der Waals surface area contributed by atoms with Gasteiger partial charge in [-0.2, -0.15) is 0 Å². The minimum Gasteiger partial charge on any atom is -0.211 e. The Kier molecular flexibility index (Phi) is 3.03. The summed E-state index contributed by atoms with van der Waals surface area (Å²) in [4.78, 5) is 13.3. The van der Waals surface area contributed by atoms with Crippen molar-refractivity contribution in [3.63, 3.8) is 0 Å². The summed E-state index contributed by atoms with van der Waals surface area (Å²) in [6, 6.07) is 5.55. The van der Waals surface area contributed by atoms with Crippen molar-refractivity contribution in [2.45, 2.75) is 13.5 Å². The highest BCUT2D eigenvalue weighted by atomic mass is 35.5. The third-order valence-corrected chi connectivity index (χ3v) is 1.97. The molecule has 0 radical (unpaired) electrons. The average molecular weight is 182 g/mol. The Hall–Kier alpha value is -1.11. The van der Waals surface area contributed by atoms with Crippen LogP contribution in [0.1, 0.15) is 11.1 Å². The van der Waals surface area contributed by atoms with Crippen LogP contribution in [-0.4, -0.2) is 6.08 Å². The number of halogens is 1. The lowest BCUT2D eigenvalue weighted by molar-refractivity contribution is 0.563. The third kappa shape index (κ3) is 2.19. The lowest BCUT2D eigenvalue weighted by Gasteiger charge is -1.99. The van der Waals surface area contributed by atoms with Gasteiger partial charge in [-0.15, -0.1) is 0 Å². The quantitative estimate of drug-likeness (QED) is 0.509. The number of nitrogens with zero attached hydrogens (tertiary/aromatic N) is 1. The van der Waals surface area contributed by atoms with Gasteiger partial charge in [0.25, 0.3) is 0 Å². The maximum Gasteiger partial charge on any atom is 0.235 e. The molecule has 3 heteroatoms. The molecule has 0 fully saturated rings. The largest absolute Gasteiger partial charge is 0.235 e. The molecule has 0 aliphatic carbocycles. The summed E-state index contributed by atoms with van der Waals surface area (Å²) in [6.45, 7) is 2.29. The topological polar surface area (TPSA) is 29.4 Å². The minimum atomic E-state index is 0.376.